The van der Waals surface area contributed by atoms with Crippen molar-refractivity contribution in [2.75, 3.05) is 26.2 Å². The molecule has 0 bridgehead atoms. The van der Waals surface area contributed by atoms with Crippen LogP contribution in [0.4, 0.5) is 0 Å². The predicted octanol–water partition coefficient (Wildman–Crippen LogP) is 1.23. The van der Waals surface area contributed by atoms with Gasteiger partial charge in [-0.2, -0.15) is 0 Å². The number of carbonyl (C=O) groups excluding carboxylic acids is 1. The average molecular weight is 254 g/mol. The molecular weight excluding hydrogens is 228 g/mol. The van der Waals surface area contributed by atoms with E-state index >= 15 is 0 Å². The minimum Gasteiger partial charge on any atom is -0.389 e. The van der Waals surface area contributed by atoms with Crippen LogP contribution in [0.15, 0.2) is 0 Å². The molecule has 0 unspecified atom stereocenters. The van der Waals surface area contributed by atoms with Crippen molar-refractivity contribution in [3.8, 4) is 0 Å². The molecule has 1 N–H and O–H groups in total. The second-order valence-electron chi connectivity index (χ2n) is 6.12. The van der Waals surface area contributed by atoms with Gasteiger partial charge in [-0.05, 0) is 26.7 Å². The summed E-state index contributed by atoms with van der Waals surface area (Å²) in [7, 11) is 0. The first kappa shape index (κ1) is 13.8. The van der Waals surface area contributed by atoms with Gasteiger partial charge in [0.25, 0.3) is 0 Å². The lowest BCUT2D eigenvalue weighted by Gasteiger charge is -2.38. The Labute approximate surface area is 110 Å². The molecule has 0 aromatic rings. The molecule has 1 aliphatic heterocycles. The Balaban J connectivity index is 1.80. The Morgan fingerprint density at radius 1 is 1.17 bits per heavy atom. The minimum atomic E-state index is -0.702. The average Bonchev–Trinajstić information content (AvgIpc) is 2.76. The molecule has 2 fully saturated rings. The normalized spacial score (nSPS) is 24.8. The summed E-state index contributed by atoms with van der Waals surface area (Å²) in [4.78, 5) is 16.5. The predicted molar refractivity (Wildman–Crippen MR) is 71.3 cm³/mol. The van der Waals surface area contributed by atoms with Crippen LogP contribution in [-0.4, -0.2) is 58.6 Å². The van der Waals surface area contributed by atoms with E-state index in [9.17, 15) is 9.90 Å². The lowest BCUT2D eigenvalue weighted by molar-refractivity contribution is -0.138. The number of rotatable bonds is 3. The number of hydrogen-bond acceptors (Lipinski definition) is 3. The third-order valence-electron chi connectivity index (χ3n) is 4.41. The molecule has 0 aromatic carbocycles. The molecule has 2 rings (SSSR count). The zero-order chi connectivity index (χ0) is 13.2. The number of aliphatic hydroxyl groups is 1. The largest absolute Gasteiger partial charge is 0.389 e. The van der Waals surface area contributed by atoms with E-state index in [1.54, 1.807) is 0 Å². The van der Waals surface area contributed by atoms with Crippen LogP contribution in [0.2, 0.25) is 0 Å². The molecule has 1 saturated heterocycles. The van der Waals surface area contributed by atoms with E-state index < -0.39 is 5.60 Å². The van der Waals surface area contributed by atoms with Gasteiger partial charge < -0.3 is 10.0 Å². The number of amides is 1. The zero-order valence-corrected chi connectivity index (χ0v) is 11.7. The molecule has 4 nitrogen and oxygen atoms in total. The Kier molecular flexibility index (Phi) is 4.28. The first-order valence-corrected chi connectivity index (χ1v) is 7.24. The van der Waals surface area contributed by atoms with Crippen LogP contribution in [0, 0.1) is 0 Å². The van der Waals surface area contributed by atoms with Gasteiger partial charge in [0.15, 0.2) is 0 Å². The van der Waals surface area contributed by atoms with Crippen LogP contribution in [0.25, 0.3) is 0 Å². The quantitative estimate of drug-likeness (QED) is 0.824. The minimum absolute atomic E-state index is 0.141. The molecule has 18 heavy (non-hydrogen) atoms. The number of hydrogen-bond donors (Lipinski definition) is 1. The third kappa shape index (κ3) is 3.23. The van der Waals surface area contributed by atoms with Gasteiger partial charge in [-0.25, -0.2) is 0 Å². The molecule has 1 heterocycles. The van der Waals surface area contributed by atoms with Crippen LogP contribution < -0.4 is 0 Å². The summed E-state index contributed by atoms with van der Waals surface area (Å²) in [6, 6.07) is 0.557. The first-order chi connectivity index (χ1) is 8.50. The number of nitrogens with zero attached hydrogens (tertiary/aromatic N) is 2. The van der Waals surface area contributed by atoms with Gasteiger partial charge in [-0.3, -0.25) is 9.69 Å². The van der Waals surface area contributed by atoms with Crippen LogP contribution in [0.1, 0.15) is 46.0 Å². The lowest BCUT2D eigenvalue weighted by atomic mass is 9.97. The fraction of sp³-hybridized carbons (Fsp3) is 0.929. The molecule has 0 spiro atoms. The SMILES string of the molecule is CC(C)N1CCN(C(=O)CC2(O)CCCC2)CC1. The summed E-state index contributed by atoms with van der Waals surface area (Å²) in [6.07, 6.45) is 4.04. The first-order valence-electron chi connectivity index (χ1n) is 7.24. The smallest absolute Gasteiger partial charge is 0.225 e. The monoisotopic (exact) mass is 254 g/mol. The van der Waals surface area contributed by atoms with Gasteiger partial charge in [0, 0.05) is 32.2 Å². The number of piperazine rings is 1. The Hall–Kier alpha value is -0.610. The van der Waals surface area contributed by atoms with Crippen molar-refractivity contribution in [3.05, 3.63) is 0 Å². The Morgan fingerprint density at radius 2 is 1.72 bits per heavy atom. The van der Waals surface area contributed by atoms with Crippen LogP contribution in [-0.2, 0) is 4.79 Å². The maximum atomic E-state index is 12.2. The van der Waals surface area contributed by atoms with Crippen molar-refractivity contribution in [1.82, 2.24) is 9.80 Å². The highest BCUT2D eigenvalue weighted by Crippen LogP contribution is 2.32. The third-order valence-corrected chi connectivity index (χ3v) is 4.41. The van der Waals surface area contributed by atoms with Crippen molar-refractivity contribution >= 4 is 5.91 Å². The van der Waals surface area contributed by atoms with E-state index in [0.717, 1.165) is 51.9 Å². The maximum absolute atomic E-state index is 12.2. The second-order valence-corrected chi connectivity index (χ2v) is 6.12. The lowest BCUT2D eigenvalue weighted by Crippen LogP contribution is -2.51. The van der Waals surface area contributed by atoms with E-state index in [2.05, 4.69) is 18.7 Å². The Bertz CT molecular complexity index is 290. The fourth-order valence-electron chi connectivity index (χ4n) is 3.09. The molecule has 1 amide bonds. The molecule has 4 heteroatoms. The van der Waals surface area contributed by atoms with Gasteiger partial charge >= 0.3 is 0 Å². The van der Waals surface area contributed by atoms with Gasteiger partial charge in [-0.1, -0.05) is 12.8 Å². The van der Waals surface area contributed by atoms with E-state index in [-0.39, 0.29) is 5.91 Å². The molecule has 2 aliphatic rings. The van der Waals surface area contributed by atoms with Gasteiger partial charge in [0.05, 0.1) is 12.0 Å². The fourth-order valence-corrected chi connectivity index (χ4v) is 3.09. The maximum Gasteiger partial charge on any atom is 0.225 e. The molecule has 0 radical (unpaired) electrons. The summed E-state index contributed by atoms with van der Waals surface area (Å²) in [5.74, 6) is 0.141. The molecular formula is C14H26N2O2. The van der Waals surface area contributed by atoms with Crippen molar-refractivity contribution in [3.63, 3.8) is 0 Å². The Morgan fingerprint density at radius 3 is 2.22 bits per heavy atom. The van der Waals surface area contributed by atoms with Crippen molar-refractivity contribution < 1.29 is 9.90 Å². The highest BCUT2D eigenvalue weighted by molar-refractivity contribution is 5.77. The van der Waals surface area contributed by atoms with E-state index in [4.69, 9.17) is 0 Å². The summed E-state index contributed by atoms with van der Waals surface area (Å²) in [5, 5.41) is 10.3. The molecule has 1 aliphatic carbocycles. The van der Waals surface area contributed by atoms with E-state index in [1.165, 1.54) is 0 Å². The van der Waals surface area contributed by atoms with Gasteiger partial charge in [0.2, 0.25) is 5.91 Å². The summed E-state index contributed by atoms with van der Waals surface area (Å²) in [6.45, 7) is 7.93. The van der Waals surface area contributed by atoms with Crippen LogP contribution in [0.3, 0.4) is 0 Å². The standard InChI is InChI=1S/C14H26N2O2/c1-12(2)15-7-9-16(10-8-15)13(17)11-14(18)5-3-4-6-14/h12,18H,3-11H2,1-2H3. The zero-order valence-electron chi connectivity index (χ0n) is 11.7. The number of carbonyl (C=O) groups is 1. The molecule has 104 valence electrons. The highest BCUT2D eigenvalue weighted by Gasteiger charge is 2.35. The van der Waals surface area contributed by atoms with Crippen molar-refractivity contribution in [1.29, 1.82) is 0 Å². The summed E-state index contributed by atoms with van der Waals surface area (Å²) < 4.78 is 0. The van der Waals surface area contributed by atoms with E-state index in [1.807, 2.05) is 4.90 Å². The molecule has 1 saturated carbocycles. The van der Waals surface area contributed by atoms with Crippen LogP contribution in [0.5, 0.6) is 0 Å². The summed E-state index contributed by atoms with van der Waals surface area (Å²) in [5.41, 5.74) is -0.702. The topological polar surface area (TPSA) is 43.8 Å². The van der Waals surface area contributed by atoms with Crippen molar-refractivity contribution in [2.45, 2.75) is 57.6 Å². The van der Waals surface area contributed by atoms with Gasteiger partial charge in [0.1, 0.15) is 0 Å². The van der Waals surface area contributed by atoms with Crippen molar-refractivity contribution in [2.24, 2.45) is 0 Å². The highest BCUT2D eigenvalue weighted by atomic mass is 16.3. The van der Waals surface area contributed by atoms with Crippen LogP contribution >= 0.6 is 0 Å². The van der Waals surface area contributed by atoms with E-state index in [0.29, 0.717) is 12.5 Å². The second kappa shape index (κ2) is 5.57. The summed E-state index contributed by atoms with van der Waals surface area (Å²) >= 11 is 0. The molecule has 0 atom stereocenters. The van der Waals surface area contributed by atoms with Gasteiger partial charge in [-0.15, -0.1) is 0 Å². The molecule has 0 aromatic heterocycles.